The van der Waals surface area contributed by atoms with Gasteiger partial charge in [-0.2, -0.15) is 21.9 Å². The summed E-state index contributed by atoms with van der Waals surface area (Å²) in [5.74, 6) is 0.187. The first-order valence-electron chi connectivity index (χ1n) is 13.0. The first-order valence-corrected chi connectivity index (χ1v) is 14.9. The number of anilines is 2. The molecule has 5 rings (SSSR count). The van der Waals surface area contributed by atoms with Crippen LogP contribution in [-0.2, 0) is 14.8 Å². The fourth-order valence-electron chi connectivity index (χ4n) is 5.02. The Balaban J connectivity index is 0.00000353. The van der Waals surface area contributed by atoms with Gasteiger partial charge < -0.3 is 19.6 Å². The van der Waals surface area contributed by atoms with Gasteiger partial charge in [-0.25, -0.2) is 9.71 Å². The van der Waals surface area contributed by atoms with Gasteiger partial charge in [0.15, 0.2) is 10.6 Å². The van der Waals surface area contributed by atoms with E-state index in [0.717, 1.165) is 31.6 Å². The van der Waals surface area contributed by atoms with Crippen LogP contribution in [0, 0.1) is 5.41 Å². The number of piperidine rings is 1. The lowest BCUT2D eigenvalue weighted by Gasteiger charge is -2.39. The molecule has 1 saturated carbocycles. The quantitative estimate of drug-likeness (QED) is 0.496. The third-order valence-electron chi connectivity index (χ3n) is 7.79. The average Bonchev–Trinajstić information content (AvgIpc) is 3.54. The van der Waals surface area contributed by atoms with Crippen LogP contribution in [-0.4, -0.2) is 61.8 Å². The number of benzene rings is 1. The second-order valence-electron chi connectivity index (χ2n) is 11.8. The van der Waals surface area contributed by atoms with Gasteiger partial charge in [0.05, 0.1) is 11.3 Å². The van der Waals surface area contributed by atoms with Gasteiger partial charge in [-0.3, -0.25) is 4.79 Å². The Morgan fingerprint density at radius 1 is 1.03 bits per heavy atom. The van der Waals surface area contributed by atoms with Crippen molar-refractivity contribution < 1.29 is 23.1 Å². The van der Waals surface area contributed by atoms with Crippen LogP contribution in [0.5, 0.6) is 5.75 Å². The molecule has 3 aliphatic rings. The lowest BCUT2D eigenvalue weighted by molar-refractivity contribution is -0.127. The summed E-state index contributed by atoms with van der Waals surface area (Å²) in [7, 11) is -4.24. The van der Waals surface area contributed by atoms with E-state index >= 15 is 0 Å². The van der Waals surface area contributed by atoms with E-state index in [-0.39, 0.29) is 23.9 Å². The first-order chi connectivity index (χ1) is 17.8. The molecule has 0 spiro atoms. The summed E-state index contributed by atoms with van der Waals surface area (Å²) < 4.78 is 34.7. The second-order valence-corrected chi connectivity index (χ2v) is 13.9. The van der Waals surface area contributed by atoms with Crippen molar-refractivity contribution in [3.8, 4) is 5.75 Å². The highest BCUT2D eigenvalue weighted by molar-refractivity contribution is 7.90. The van der Waals surface area contributed by atoms with E-state index in [1.54, 1.807) is 31.2 Å². The summed E-state index contributed by atoms with van der Waals surface area (Å²) in [6.45, 7) is 8.87. The number of carbonyl (C=O) groups excluding carboxylic acids is 1. The minimum absolute atomic E-state index is 0. The van der Waals surface area contributed by atoms with Crippen molar-refractivity contribution in [2.45, 2.75) is 69.1 Å². The molecule has 12 heteroatoms. The van der Waals surface area contributed by atoms with Gasteiger partial charge in [-0.05, 0) is 55.9 Å². The zero-order valence-corrected chi connectivity index (χ0v) is 25.1. The SMILES string of the molecule is CC1(C)CCN(c2ccc(Cl)cc2OC2(C(=O)NS(=O)(=O)c3cccc(N4CC[C@](C)(O)C4)n3)CC2)CC1.S. The number of carbonyl (C=O) groups is 1. The van der Waals surface area contributed by atoms with Crippen LogP contribution in [0.1, 0.15) is 52.9 Å². The summed E-state index contributed by atoms with van der Waals surface area (Å²) in [6.07, 6.45) is 3.40. The number of rotatable bonds is 7. The van der Waals surface area contributed by atoms with Crippen LogP contribution in [0.2, 0.25) is 5.02 Å². The molecule has 1 atom stereocenters. The number of nitrogens with zero attached hydrogens (tertiary/aromatic N) is 3. The predicted octanol–water partition coefficient (Wildman–Crippen LogP) is 3.85. The maximum Gasteiger partial charge on any atom is 0.281 e. The van der Waals surface area contributed by atoms with E-state index in [2.05, 4.69) is 28.5 Å². The number of sulfonamides is 1. The molecular formula is C27H37ClN4O5S2. The largest absolute Gasteiger partial charge is 0.475 e. The number of nitrogens with one attached hydrogen (secondary N) is 1. The van der Waals surface area contributed by atoms with E-state index in [9.17, 15) is 18.3 Å². The van der Waals surface area contributed by atoms with Crippen LogP contribution < -0.4 is 19.3 Å². The summed E-state index contributed by atoms with van der Waals surface area (Å²) in [5, 5.41) is 10.5. The van der Waals surface area contributed by atoms with Gasteiger partial charge >= 0.3 is 0 Å². The van der Waals surface area contributed by atoms with Crippen LogP contribution >= 0.6 is 25.1 Å². The van der Waals surface area contributed by atoms with Crippen molar-refractivity contribution in [1.29, 1.82) is 0 Å². The predicted molar refractivity (Wildman–Crippen MR) is 157 cm³/mol. The van der Waals surface area contributed by atoms with E-state index in [4.69, 9.17) is 16.3 Å². The Labute approximate surface area is 242 Å². The number of halogens is 1. The number of hydrogen-bond acceptors (Lipinski definition) is 8. The summed E-state index contributed by atoms with van der Waals surface area (Å²) in [5.41, 5.74) is -1.02. The fourth-order valence-corrected chi connectivity index (χ4v) is 6.19. The lowest BCUT2D eigenvalue weighted by Crippen LogP contribution is -2.44. The van der Waals surface area contributed by atoms with Gasteiger partial charge in [0.25, 0.3) is 15.9 Å². The number of hydrogen-bond donors (Lipinski definition) is 2. The number of ether oxygens (including phenoxy) is 1. The first kappa shape index (κ1) is 29.8. The highest BCUT2D eigenvalue weighted by Gasteiger charge is 2.54. The molecule has 1 aliphatic carbocycles. The molecule has 2 N–H and O–H groups in total. The van der Waals surface area contributed by atoms with Crippen molar-refractivity contribution in [2.24, 2.45) is 5.41 Å². The molecule has 39 heavy (non-hydrogen) atoms. The van der Waals surface area contributed by atoms with E-state index in [1.165, 1.54) is 6.07 Å². The number of aliphatic hydroxyl groups is 1. The molecule has 1 amide bonds. The topological polar surface area (TPSA) is 112 Å². The minimum atomic E-state index is -4.24. The second kappa shape index (κ2) is 10.6. The molecule has 2 aliphatic heterocycles. The normalized spacial score (nSPS) is 23.6. The molecule has 2 aromatic rings. The lowest BCUT2D eigenvalue weighted by atomic mass is 9.82. The summed E-state index contributed by atoms with van der Waals surface area (Å²) >= 11 is 6.28. The standard InChI is InChI=1S/C27H35ClN4O5S.H2S/c1-25(2)11-14-31(15-12-25)20-8-7-19(28)17-21(20)37-27(9-10-27)24(33)30-38(35,36)23-6-4-5-22(29-23)32-16-13-26(3,34)18-32;/h4-8,17,34H,9-16,18H2,1-3H3,(H,30,33);1H2/t26-;/m0./s1. The van der Waals surface area contributed by atoms with Gasteiger partial charge in [0.2, 0.25) is 0 Å². The third kappa shape index (κ3) is 6.58. The molecular weight excluding hydrogens is 560 g/mol. The molecule has 9 nitrogen and oxygen atoms in total. The van der Waals surface area contributed by atoms with Gasteiger partial charge in [-0.15, -0.1) is 0 Å². The number of pyridine rings is 1. The van der Waals surface area contributed by atoms with Gasteiger partial charge in [-0.1, -0.05) is 31.5 Å². The molecule has 1 aromatic heterocycles. The summed E-state index contributed by atoms with van der Waals surface area (Å²) in [6, 6.07) is 10.00. The Morgan fingerprint density at radius 2 is 1.69 bits per heavy atom. The Bertz CT molecular complexity index is 1340. The van der Waals surface area contributed by atoms with E-state index < -0.39 is 27.1 Å². The van der Waals surface area contributed by atoms with Crippen LogP contribution in [0.3, 0.4) is 0 Å². The van der Waals surface area contributed by atoms with Crippen molar-refractivity contribution in [1.82, 2.24) is 9.71 Å². The van der Waals surface area contributed by atoms with E-state index in [0.29, 0.717) is 48.9 Å². The van der Waals surface area contributed by atoms with Crippen molar-refractivity contribution >= 4 is 52.5 Å². The molecule has 0 unspecified atom stereocenters. The van der Waals surface area contributed by atoms with Crippen molar-refractivity contribution in [2.75, 3.05) is 36.0 Å². The van der Waals surface area contributed by atoms with Crippen molar-refractivity contribution in [3.05, 3.63) is 41.4 Å². The molecule has 0 bridgehead atoms. The molecule has 214 valence electrons. The van der Waals surface area contributed by atoms with Gasteiger partial charge in [0, 0.05) is 50.1 Å². The molecule has 2 saturated heterocycles. The number of aromatic nitrogens is 1. The molecule has 0 radical (unpaired) electrons. The number of amides is 1. The zero-order valence-electron chi connectivity index (χ0n) is 22.5. The smallest absolute Gasteiger partial charge is 0.281 e. The average molecular weight is 597 g/mol. The Morgan fingerprint density at radius 3 is 2.31 bits per heavy atom. The maximum atomic E-state index is 13.3. The Kier molecular flexibility index (Phi) is 8.12. The summed E-state index contributed by atoms with van der Waals surface area (Å²) in [4.78, 5) is 21.6. The minimum Gasteiger partial charge on any atom is -0.475 e. The third-order valence-corrected chi connectivity index (χ3v) is 9.26. The maximum absolute atomic E-state index is 13.3. The molecule has 1 aromatic carbocycles. The zero-order chi connectivity index (χ0) is 27.3. The fraction of sp³-hybridized carbons (Fsp3) is 0.556. The molecule has 3 fully saturated rings. The van der Waals surface area contributed by atoms with Crippen LogP contribution in [0.4, 0.5) is 11.5 Å². The van der Waals surface area contributed by atoms with Crippen molar-refractivity contribution in [3.63, 3.8) is 0 Å². The van der Waals surface area contributed by atoms with Crippen LogP contribution in [0.25, 0.3) is 0 Å². The highest BCUT2D eigenvalue weighted by atomic mass is 35.5. The van der Waals surface area contributed by atoms with Gasteiger partial charge in [0.1, 0.15) is 11.6 Å². The number of β-amino-alcohol motifs (C(OH)–C–C–N with tert-alkyl or cyclic N) is 1. The highest BCUT2D eigenvalue weighted by Crippen LogP contribution is 2.45. The van der Waals surface area contributed by atoms with Crippen LogP contribution in [0.15, 0.2) is 41.4 Å². The molecule has 3 heterocycles. The van der Waals surface area contributed by atoms with E-state index in [1.807, 2.05) is 11.0 Å². The Hall–Kier alpha value is -2.21. The monoisotopic (exact) mass is 596 g/mol.